The summed E-state index contributed by atoms with van der Waals surface area (Å²) >= 11 is 8.84. The molecule has 0 spiro atoms. The molecule has 1 aliphatic heterocycles. The third-order valence-corrected chi connectivity index (χ3v) is 5.55. The zero-order valence-corrected chi connectivity index (χ0v) is 14.4. The van der Waals surface area contributed by atoms with Crippen LogP contribution in [0.4, 0.5) is 5.13 Å². The van der Waals surface area contributed by atoms with Crippen LogP contribution in [0, 0.1) is 0 Å². The lowest BCUT2D eigenvalue weighted by Gasteiger charge is -2.21. The monoisotopic (exact) mass is 356 g/mol. The van der Waals surface area contributed by atoms with Crippen LogP contribution in [0.25, 0.3) is 10.6 Å². The second-order valence-electron chi connectivity index (χ2n) is 5.22. The molecule has 118 valence electrons. The second kappa shape index (κ2) is 7.55. The lowest BCUT2D eigenvalue weighted by atomic mass is 10.0. The van der Waals surface area contributed by atoms with Gasteiger partial charge in [-0.15, -0.1) is 22.7 Å². The van der Waals surface area contributed by atoms with Gasteiger partial charge < -0.3 is 10.1 Å². The number of amides is 1. The maximum atomic E-state index is 12.0. The Labute approximate surface area is 142 Å². The minimum atomic E-state index is -0.000662. The number of nitrogens with one attached hydrogen (secondary N) is 1. The predicted octanol–water partition coefficient (Wildman–Crippen LogP) is 4.81. The molecular formula is C15H17ClN2O2S2. The van der Waals surface area contributed by atoms with Crippen molar-refractivity contribution in [3.8, 4) is 10.6 Å². The SMILES string of the molecule is O=C(CCC1CCCCO1)Nc1nc(-c2ccc(Cl)s2)cs1. The molecule has 0 aliphatic carbocycles. The first-order valence-corrected chi connectivity index (χ1v) is 9.41. The van der Waals surface area contributed by atoms with Gasteiger partial charge in [0.25, 0.3) is 0 Å². The molecule has 7 heteroatoms. The van der Waals surface area contributed by atoms with E-state index in [1.807, 2.05) is 17.5 Å². The molecule has 0 radical (unpaired) electrons. The smallest absolute Gasteiger partial charge is 0.226 e. The number of rotatable bonds is 5. The van der Waals surface area contributed by atoms with Crippen molar-refractivity contribution in [2.75, 3.05) is 11.9 Å². The molecule has 4 nitrogen and oxygen atoms in total. The molecular weight excluding hydrogens is 340 g/mol. The van der Waals surface area contributed by atoms with Crippen LogP contribution in [-0.4, -0.2) is 23.6 Å². The van der Waals surface area contributed by atoms with Crippen molar-refractivity contribution in [2.24, 2.45) is 0 Å². The number of aromatic nitrogens is 1. The summed E-state index contributed by atoms with van der Waals surface area (Å²) in [6.07, 6.45) is 4.89. The summed E-state index contributed by atoms with van der Waals surface area (Å²) in [6, 6.07) is 3.79. The molecule has 22 heavy (non-hydrogen) atoms. The summed E-state index contributed by atoms with van der Waals surface area (Å²) in [4.78, 5) is 17.4. The number of ether oxygens (including phenoxy) is 1. The summed E-state index contributed by atoms with van der Waals surface area (Å²) < 4.78 is 6.38. The van der Waals surface area contributed by atoms with Gasteiger partial charge in [0.05, 0.1) is 21.0 Å². The van der Waals surface area contributed by atoms with Gasteiger partial charge in [-0.25, -0.2) is 4.98 Å². The van der Waals surface area contributed by atoms with Gasteiger partial charge in [-0.1, -0.05) is 11.6 Å². The Kier molecular flexibility index (Phi) is 5.46. The number of carbonyl (C=O) groups excluding carboxylic acids is 1. The first kappa shape index (κ1) is 15.9. The van der Waals surface area contributed by atoms with Crippen molar-refractivity contribution in [1.82, 2.24) is 4.98 Å². The highest BCUT2D eigenvalue weighted by atomic mass is 35.5. The average molecular weight is 357 g/mol. The number of nitrogens with zero attached hydrogens (tertiary/aromatic N) is 1. The van der Waals surface area contributed by atoms with E-state index in [1.165, 1.54) is 29.1 Å². The van der Waals surface area contributed by atoms with Crippen molar-refractivity contribution < 1.29 is 9.53 Å². The molecule has 2 aromatic rings. The average Bonchev–Trinajstić information content (AvgIpc) is 3.15. The number of thiophene rings is 1. The normalized spacial score (nSPS) is 18.3. The molecule has 0 saturated carbocycles. The third kappa shape index (κ3) is 4.29. The molecule has 1 unspecified atom stereocenters. The zero-order valence-electron chi connectivity index (χ0n) is 12.0. The van der Waals surface area contributed by atoms with Crippen LogP contribution >= 0.6 is 34.3 Å². The summed E-state index contributed by atoms with van der Waals surface area (Å²) in [5.74, 6) is -0.000662. The van der Waals surface area contributed by atoms with Crippen molar-refractivity contribution >= 4 is 45.3 Å². The Bertz CT molecular complexity index is 635. The van der Waals surface area contributed by atoms with Gasteiger partial charge >= 0.3 is 0 Å². The van der Waals surface area contributed by atoms with E-state index in [4.69, 9.17) is 16.3 Å². The van der Waals surface area contributed by atoms with E-state index in [2.05, 4.69) is 10.3 Å². The van der Waals surface area contributed by atoms with Gasteiger partial charge in [-0.3, -0.25) is 4.79 Å². The zero-order chi connectivity index (χ0) is 15.4. The van der Waals surface area contributed by atoms with Gasteiger partial charge in [-0.05, 0) is 37.8 Å². The lowest BCUT2D eigenvalue weighted by molar-refractivity contribution is -0.117. The number of hydrogen-bond acceptors (Lipinski definition) is 5. The molecule has 1 N–H and O–H groups in total. The topological polar surface area (TPSA) is 51.2 Å². The number of anilines is 1. The first-order chi connectivity index (χ1) is 10.7. The molecule has 0 aromatic carbocycles. The first-order valence-electron chi connectivity index (χ1n) is 7.33. The molecule has 0 bridgehead atoms. The van der Waals surface area contributed by atoms with E-state index in [1.54, 1.807) is 0 Å². The van der Waals surface area contributed by atoms with Crippen molar-refractivity contribution in [2.45, 2.75) is 38.2 Å². The fourth-order valence-electron chi connectivity index (χ4n) is 2.41. The summed E-state index contributed by atoms with van der Waals surface area (Å²) in [5, 5.41) is 5.43. The molecule has 1 aliphatic rings. The Morgan fingerprint density at radius 3 is 3.09 bits per heavy atom. The summed E-state index contributed by atoms with van der Waals surface area (Å²) in [6.45, 7) is 0.825. The summed E-state index contributed by atoms with van der Waals surface area (Å²) in [7, 11) is 0. The van der Waals surface area contributed by atoms with E-state index >= 15 is 0 Å². The largest absolute Gasteiger partial charge is 0.378 e. The number of thiazole rings is 1. The van der Waals surface area contributed by atoms with Gasteiger partial charge in [0.15, 0.2) is 5.13 Å². The van der Waals surface area contributed by atoms with E-state index in [-0.39, 0.29) is 12.0 Å². The van der Waals surface area contributed by atoms with Crippen LogP contribution in [0.1, 0.15) is 32.1 Å². The number of carbonyl (C=O) groups is 1. The van der Waals surface area contributed by atoms with Gasteiger partial charge in [0, 0.05) is 18.4 Å². The molecule has 3 rings (SSSR count). The van der Waals surface area contributed by atoms with Crippen LogP contribution in [0.5, 0.6) is 0 Å². The molecule has 1 amide bonds. The molecule has 2 aromatic heterocycles. The van der Waals surface area contributed by atoms with Crippen molar-refractivity contribution in [3.63, 3.8) is 0 Å². The highest BCUT2D eigenvalue weighted by molar-refractivity contribution is 7.20. The minimum Gasteiger partial charge on any atom is -0.378 e. The fraction of sp³-hybridized carbons (Fsp3) is 0.467. The van der Waals surface area contributed by atoms with Crippen molar-refractivity contribution in [3.05, 3.63) is 21.8 Å². The maximum absolute atomic E-state index is 12.0. The van der Waals surface area contributed by atoms with Crippen LogP contribution in [0.15, 0.2) is 17.5 Å². The minimum absolute atomic E-state index is 0.000662. The Hall–Kier alpha value is -0.950. The molecule has 1 saturated heterocycles. The highest BCUT2D eigenvalue weighted by Gasteiger charge is 2.16. The predicted molar refractivity (Wildman–Crippen MR) is 91.9 cm³/mol. The van der Waals surface area contributed by atoms with Crippen LogP contribution < -0.4 is 5.32 Å². The number of hydrogen-bond donors (Lipinski definition) is 1. The van der Waals surface area contributed by atoms with Crippen molar-refractivity contribution in [1.29, 1.82) is 0 Å². The van der Waals surface area contributed by atoms with Gasteiger partial charge in [0.2, 0.25) is 5.91 Å². The van der Waals surface area contributed by atoms with Crippen LogP contribution in [-0.2, 0) is 9.53 Å². The summed E-state index contributed by atoms with van der Waals surface area (Å²) in [5.41, 5.74) is 0.854. The van der Waals surface area contributed by atoms with Crippen LogP contribution in [0.2, 0.25) is 4.34 Å². The third-order valence-electron chi connectivity index (χ3n) is 3.54. The van der Waals surface area contributed by atoms with E-state index in [0.29, 0.717) is 11.6 Å². The molecule has 1 fully saturated rings. The molecule has 3 heterocycles. The second-order valence-corrected chi connectivity index (χ2v) is 7.79. The van der Waals surface area contributed by atoms with Gasteiger partial charge in [0.1, 0.15) is 0 Å². The quantitative estimate of drug-likeness (QED) is 0.836. The van der Waals surface area contributed by atoms with Gasteiger partial charge in [-0.2, -0.15) is 0 Å². The Morgan fingerprint density at radius 1 is 1.45 bits per heavy atom. The number of halogens is 1. The highest BCUT2D eigenvalue weighted by Crippen LogP contribution is 2.32. The molecule has 1 atom stereocenters. The Morgan fingerprint density at radius 2 is 2.36 bits per heavy atom. The Balaban J connectivity index is 1.50. The van der Waals surface area contributed by atoms with Crippen LogP contribution in [0.3, 0.4) is 0 Å². The maximum Gasteiger partial charge on any atom is 0.226 e. The standard InChI is InChI=1S/C15H17ClN2O2S2/c16-13-6-5-12(22-13)11-9-21-15(17-11)18-14(19)7-4-10-3-1-2-8-20-10/h5-6,9-10H,1-4,7-8H2,(H,17,18,19). The van der Waals surface area contributed by atoms with E-state index < -0.39 is 0 Å². The lowest BCUT2D eigenvalue weighted by Crippen LogP contribution is -2.21. The van der Waals surface area contributed by atoms with E-state index in [0.717, 1.165) is 40.8 Å². The van der Waals surface area contributed by atoms with E-state index in [9.17, 15) is 4.79 Å². The fourth-order valence-corrected chi connectivity index (χ4v) is 4.21.